The van der Waals surface area contributed by atoms with Gasteiger partial charge in [0.2, 0.25) is 5.91 Å². The first-order valence-corrected chi connectivity index (χ1v) is 8.17. The molecular weight excluding hydrogens is 375 g/mol. The van der Waals surface area contributed by atoms with Crippen molar-refractivity contribution in [3.05, 3.63) is 52.7 Å². The van der Waals surface area contributed by atoms with Gasteiger partial charge in [-0.1, -0.05) is 35.5 Å². The Hall–Kier alpha value is -2.24. The van der Waals surface area contributed by atoms with Crippen LogP contribution in [-0.4, -0.2) is 16.1 Å². The topological polar surface area (TPSA) is 65.8 Å². The summed E-state index contributed by atoms with van der Waals surface area (Å²) in [6.45, 7) is 1.56. The van der Waals surface area contributed by atoms with Crippen molar-refractivity contribution in [2.24, 2.45) is 0 Å². The summed E-state index contributed by atoms with van der Waals surface area (Å²) in [4.78, 5) is 15.9. The van der Waals surface area contributed by atoms with Gasteiger partial charge in [-0.3, -0.25) is 4.79 Å². The zero-order chi connectivity index (χ0) is 18.6. The van der Waals surface area contributed by atoms with Crippen LogP contribution in [0, 0.1) is 11.3 Å². The van der Waals surface area contributed by atoms with Crippen LogP contribution >= 0.6 is 23.4 Å². The lowest BCUT2D eigenvalue weighted by Gasteiger charge is -2.14. The molecule has 0 aliphatic rings. The number of rotatable bonds is 4. The number of nitriles is 1. The van der Waals surface area contributed by atoms with E-state index >= 15 is 0 Å². The van der Waals surface area contributed by atoms with E-state index in [2.05, 4.69) is 10.3 Å². The second-order valence-electron chi connectivity index (χ2n) is 4.92. The largest absolute Gasteiger partial charge is 0.417 e. The molecule has 1 amide bonds. The molecule has 2 aromatic rings. The van der Waals surface area contributed by atoms with Crippen molar-refractivity contribution in [1.29, 1.82) is 5.26 Å². The molecule has 4 nitrogen and oxygen atoms in total. The number of carbonyl (C=O) groups excluding carboxylic acids is 1. The Kier molecular flexibility index (Phi) is 5.93. The van der Waals surface area contributed by atoms with Gasteiger partial charge in [0, 0.05) is 6.20 Å². The molecule has 0 saturated heterocycles. The number of nitrogens with zero attached hydrogens (tertiary/aromatic N) is 2. The normalized spacial score (nSPS) is 12.3. The van der Waals surface area contributed by atoms with Crippen LogP contribution in [0.2, 0.25) is 5.02 Å². The van der Waals surface area contributed by atoms with Gasteiger partial charge in [-0.05, 0) is 25.1 Å². The summed E-state index contributed by atoms with van der Waals surface area (Å²) in [6.07, 6.45) is -3.87. The van der Waals surface area contributed by atoms with Crippen LogP contribution in [0.4, 0.5) is 18.9 Å². The number of anilines is 1. The highest BCUT2D eigenvalue weighted by Gasteiger charge is 2.32. The number of para-hydroxylation sites is 1. The van der Waals surface area contributed by atoms with E-state index in [1.54, 1.807) is 31.2 Å². The number of benzene rings is 1. The third-order valence-corrected chi connectivity index (χ3v) is 4.61. The highest BCUT2D eigenvalue weighted by atomic mass is 35.5. The van der Waals surface area contributed by atoms with Crippen LogP contribution in [0.3, 0.4) is 0 Å². The number of nitrogens with one attached hydrogen (secondary N) is 1. The molecule has 1 heterocycles. The summed E-state index contributed by atoms with van der Waals surface area (Å²) >= 11 is 6.76. The number of carbonyl (C=O) groups is 1. The first-order valence-electron chi connectivity index (χ1n) is 6.91. The van der Waals surface area contributed by atoms with Crippen molar-refractivity contribution in [1.82, 2.24) is 4.98 Å². The van der Waals surface area contributed by atoms with Gasteiger partial charge in [0.05, 0.1) is 27.1 Å². The third kappa shape index (κ3) is 4.87. The molecule has 130 valence electrons. The van der Waals surface area contributed by atoms with Crippen molar-refractivity contribution in [2.75, 3.05) is 5.32 Å². The van der Waals surface area contributed by atoms with E-state index in [0.29, 0.717) is 17.4 Å². The van der Waals surface area contributed by atoms with Gasteiger partial charge in [0.15, 0.2) is 0 Å². The summed E-state index contributed by atoms with van der Waals surface area (Å²) < 4.78 is 37.8. The number of alkyl halides is 3. The molecule has 0 unspecified atom stereocenters. The first-order chi connectivity index (χ1) is 11.7. The van der Waals surface area contributed by atoms with Gasteiger partial charge in [-0.15, -0.1) is 0 Å². The van der Waals surface area contributed by atoms with Crippen LogP contribution < -0.4 is 5.32 Å². The zero-order valence-electron chi connectivity index (χ0n) is 12.8. The minimum Gasteiger partial charge on any atom is -0.324 e. The number of halogens is 4. The van der Waals surface area contributed by atoms with Gasteiger partial charge >= 0.3 is 6.18 Å². The lowest BCUT2D eigenvalue weighted by molar-refractivity contribution is -0.137. The van der Waals surface area contributed by atoms with Crippen LogP contribution in [-0.2, 0) is 11.0 Å². The molecular formula is C16H11ClF3N3OS. The Morgan fingerprint density at radius 3 is 2.68 bits per heavy atom. The van der Waals surface area contributed by atoms with E-state index in [0.717, 1.165) is 17.8 Å². The number of thioether (sulfide) groups is 1. The molecule has 1 atom stereocenters. The van der Waals surface area contributed by atoms with Crippen LogP contribution in [0.5, 0.6) is 0 Å². The first kappa shape index (κ1) is 19.1. The van der Waals surface area contributed by atoms with E-state index < -0.39 is 22.9 Å². The molecule has 2 rings (SSSR count). The summed E-state index contributed by atoms with van der Waals surface area (Å²) in [6, 6.07) is 9.20. The summed E-state index contributed by atoms with van der Waals surface area (Å²) in [5.74, 6) is -0.425. The Morgan fingerprint density at radius 2 is 2.08 bits per heavy atom. The number of amides is 1. The average Bonchev–Trinajstić information content (AvgIpc) is 2.56. The molecule has 0 fully saturated rings. The van der Waals surface area contributed by atoms with Crippen molar-refractivity contribution in [3.8, 4) is 6.07 Å². The number of hydrogen-bond acceptors (Lipinski definition) is 4. The molecule has 1 aromatic carbocycles. The maximum Gasteiger partial charge on any atom is 0.417 e. The number of hydrogen-bond donors (Lipinski definition) is 1. The molecule has 0 bridgehead atoms. The Bertz CT molecular complexity index is 836. The third-order valence-electron chi connectivity index (χ3n) is 3.10. The van der Waals surface area contributed by atoms with Crippen molar-refractivity contribution in [2.45, 2.75) is 23.4 Å². The lowest BCUT2D eigenvalue weighted by Crippen LogP contribution is -2.23. The predicted octanol–water partition coefficient (Wildman–Crippen LogP) is 4.74. The number of pyridine rings is 1. The Morgan fingerprint density at radius 1 is 1.40 bits per heavy atom. The summed E-state index contributed by atoms with van der Waals surface area (Å²) in [7, 11) is 0. The van der Waals surface area contributed by atoms with Crippen LogP contribution in [0.1, 0.15) is 18.1 Å². The molecule has 0 aliphatic heterocycles. The molecule has 0 saturated carbocycles. The van der Waals surface area contributed by atoms with Crippen LogP contribution in [0.15, 0.2) is 41.6 Å². The number of aromatic nitrogens is 1. The molecule has 25 heavy (non-hydrogen) atoms. The lowest BCUT2D eigenvalue weighted by atomic mass is 10.2. The predicted molar refractivity (Wildman–Crippen MR) is 89.4 cm³/mol. The van der Waals surface area contributed by atoms with Gasteiger partial charge in [-0.2, -0.15) is 18.4 Å². The van der Waals surface area contributed by atoms with Gasteiger partial charge < -0.3 is 5.32 Å². The maximum absolute atomic E-state index is 12.6. The quantitative estimate of drug-likeness (QED) is 0.771. The molecule has 9 heteroatoms. The second-order valence-corrected chi connectivity index (χ2v) is 6.65. The highest BCUT2D eigenvalue weighted by molar-refractivity contribution is 8.00. The molecule has 0 aliphatic carbocycles. The fourth-order valence-electron chi connectivity index (χ4n) is 1.81. The maximum atomic E-state index is 12.6. The standard InChI is InChI=1S/C16H11ClF3N3OS/c1-9(14(24)23-13-5-3-2-4-10(13)7-21)25-15-12(17)6-11(8-22-15)16(18,19)20/h2-6,8-9H,1H3,(H,23,24)/t9-/m1/s1. The molecule has 1 N–H and O–H groups in total. The van der Waals surface area contributed by atoms with Crippen LogP contribution in [0.25, 0.3) is 0 Å². The Labute approximate surface area is 151 Å². The second kappa shape index (κ2) is 7.76. The van der Waals surface area contributed by atoms with Gasteiger partial charge in [-0.25, -0.2) is 4.98 Å². The smallest absolute Gasteiger partial charge is 0.324 e. The highest BCUT2D eigenvalue weighted by Crippen LogP contribution is 2.35. The monoisotopic (exact) mass is 385 g/mol. The summed E-state index contributed by atoms with van der Waals surface area (Å²) in [5, 5.41) is 10.9. The Balaban J connectivity index is 2.10. The van der Waals surface area contributed by atoms with E-state index in [1.165, 1.54) is 0 Å². The minimum atomic E-state index is -4.54. The molecule has 0 radical (unpaired) electrons. The fourth-order valence-corrected chi connectivity index (χ4v) is 2.90. The van der Waals surface area contributed by atoms with Crippen molar-refractivity contribution in [3.63, 3.8) is 0 Å². The van der Waals surface area contributed by atoms with Gasteiger partial charge in [0.25, 0.3) is 0 Å². The molecule has 1 aromatic heterocycles. The van der Waals surface area contributed by atoms with Crippen molar-refractivity contribution < 1.29 is 18.0 Å². The van der Waals surface area contributed by atoms with E-state index in [-0.39, 0.29) is 10.0 Å². The van der Waals surface area contributed by atoms with Gasteiger partial charge in [0.1, 0.15) is 11.1 Å². The molecule has 0 spiro atoms. The zero-order valence-corrected chi connectivity index (χ0v) is 14.3. The fraction of sp³-hybridized carbons (Fsp3) is 0.188. The minimum absolute atomic E-state index is 0.117. The van der Waals surface area contributed by atoms with Crippen molar-refractivity contribution >= 4 is 35.0 Å². The van der Waals surface area contributed by atoms with E-state index in [4.69, 9.17) is 16.9 Å². The van der Waals surface area contributed by atoms with E-state index in [9.17, 15) is 18.0 Å². The average molecular weight is 386 g/mol. The van der Waals surface area contributed by atoms with E-state index in [1.807, 2.05) is 6.07 Å². The SMILES string of the molecule is C[C@@H](Sc1ncc(C(F)(F)F)cc1Cl)C(=O)Nc1ccccc1C#N. The summed E-state index contributed by atoms with van der Waals surface area (Å²) in [5.41, 5.74) is -0.297.